The fraction of sp³-hybridized carbons (Fsp3) is 0.778. The number of carboxylic acids is 1. The molecule has 14 heavy (non-hydrogen) atoms. The van der Waals surface area contributed by atoms with E-state index in [0.29, 0.717) is 0 Å². The van der Waals surface area contributed by atoms with Crippen molar-refractivity contribution in [3.8, 4) is 0 Å². The summed E-state index contributed by atoms with van der Waals surface area (Å²) in [6, 6.07) is 0. The third-order valence-electron chi connectivity index (χ3n) is 3.42. The third-order valence-corrected chi connectivity index (χ3v) is 3.42. The summed E-state index contributed by atoms with van der Waals surface area (Å²) in [6.07, 6.45) is -1.96. The molecule has 0 aromatic rings. The van der Waals surface area contributed by atoms with Crippen LogP contribution in [0.4, 0.5) is 4.39 Å². The highest BCUT2D eigenvalue weighted by atomic mass is 19.1. The van der Waals surface area contributed by atoms with E-state index in [0.717, 1.165) is 6.92 Å². The van der Waals surface area contributed by atoms with Gasteiger partial charge in [-0.05, 0) is 13.3 Å². The van der Waals surface area contributed by atoms with Crippen molar-refractivity contribution in [3.63, 3.8) is 0 Å². The molecule has 2 aliphatic rings. The Balaban J connectivity index is 2.37. The molecule has 79 valence electrons. The quantitative estimate of drug-likeness (QED) is 0.549. The van der Waals surface area contributed by atoms with Crippen LogP contribution in [-0.2, 0) is 4.79 Å². The Labute approximate surface area is 80.4 Å². The first-order valence-electron chi connectivity index (χ1n) is 4.52. The van der Waals surface area contributed by atoms with Crippen molar-refractivity contribution in [2.75, 3.05) is 0 Å². The van der Waals surface area contributed by atoms with E-state index in [-0.39, 0.29) is 12.3 Å². The maximum atomic E-state index is 14.0. The molecular formula is C9H12FO4. The van der Waals surface area contributed by atoms with Gasteiger partial charge in [0.15, 0.2) is 0 Å². The van der Waals surface area contributed by atoms with Gasteiger partial charge >= 0.3 is 5.97 Å². The molecule has 2 unspecified atom stereocenters. The molecule has 0 aliphatic heterocycles. The lowest BCUT2D eigenvalue weighted by atomic mass is 9.77. The molecule has 5 atom stereocenters. The van der Waals surface area contributed by atoms with Crippen LogP contribution in [0.25, 0.3) is 0 Å². The predicted octanol–water partition coefficient (Wildman–Crippen LogP) is -0.255. The summed E-state index contributed by atoms with van der Waals surface area (Å²) in [5.74, 6) is -3.22. The normalized spacial score (nSPS) is 52.6. The monoisotopic (exact) mass is 203 g/mol. The Morgan fingerprint density at radius 2 is 2.14 bits per heavy atom. The highest BCUT2D eigenvalue weighted by molar-refractivity contribution is 5.75. The lowest BCUT2D eigenvalue weighted by molar-refractivity contribution is -0.149. The standard InChI is InChI=1S/C9H12FO4/c1-9(10)5(8(13)14)3-2-4(11)6(9)7(3)12/h3-5,7,11-12H,2H2,1H3,(H,13,14)/t3-,4?,5-,7?,9+/m1/s1. The van der Waals surface area contributed by atoms with Crippen molar-refractivity contribution in [1.82, 2.24) is 0 Å². The molecule has 2 fully saturated rings. The van der Waals surface area contributed by atoms with Crippen LogP contribution in [0, 0.1) is 17.8 Å². The number of carbonyl (C=O) groups is 1. The van der Waals surface area contributed by atoms with Crippen LogP contribution < -0.4 is 0 Å². The van der Waals surface area contributed by atoms with E-state index < -0.39 is 35.7 Å². The van der Waals surface area contributed by atoms with E-state index >= 15 is 0 Å². The molecule has 4 nitrogen and oxygen atoms in total. The molecule has 2 bridgehead atoms. The molecular weight excluding hydrogens is 191 g/mol. The minimum atomic E-state index is -2.09. The van der Waals surface area contributed by atoms with Gasteiger partial charge in [0.1, 0.15) is 5.67 Å². The van der Waals surface area contributed by atoms with E-state index in [1.54, 1.807) is 0 Å². The molecule has 2 saturated carbocycles. The van der Waals surface area contributed by atoms with Gasteiger partial charge in [-0.1, -0.05) is 0 Å². The molecule has 0 heterocycles. The summed E-state index contributed by atoms with van der Waals surface area (Å²) >= 11 is 0. The first-order chi connectivity index (χ1) is 6.37. The van der Waals surface area contributed by atoms with Crippen molar-refractivity contribution in [2.24, 2.45) is 11.8 Å². The predicted molar refractivity (Wildman–Crippen MR) is 44.0 cm³/mol. The summed E-state index contributed by atoms with van der Waals surface area (Å²) in [5, 5.41) is 27.8. The minimum Gasteiger partial charge on any atom is -0.481 e. The van der Waals surface area contributed by atoms with Crippen LogP contribution in [-0.4, -0.2) is 39.2 Å². The van der Waals surface area contributed by atoms with E-state index in [2.05, 4.69) is 0 Å². The summed E-state index contributed by atoms with van der Waals surface area (Å²) < 4.78 is 14.0. The van der Waals surface area contributed by atoms with E-state index in [1.807, 2.05) is 0 Å². The molecule has 0 aromatic carbocycles. The summed E-state index contributed by atoms with van der Waals surface area (Å²) in [6.45, 7) is 1.12. The molecule has 0 spiro atoms. The summed E-state index contributed by atoms with van der Waals surface area (Å²) in [5.41, 5.74) is -2.09. The van der Waals surface area contributed by atoms with Crippen molar-refractivity contribution < 1.29 is 24.5 Å². The maximum absolute atomic E-state index is 14.0. The number of alkyl halides is 1. The molecule has 0 saturated heterocycles. The van der Waals surface area contributed by atoms with Gasteiger partial charge in [-0.2, -0.15) is 0 Å². The average Bonchev–Trinajstić information content (AvgIpc) is 2.34. The number of carboxylic acid groups (broad SMARTS) is 1. The van der Waals surface area contributed by atoms with E-state index in [9.17, 15) is 19.4 Å². The number of aliphatic hydroxyl groups is 2. The summed E-state index contributed by atoms with van der Waals surface area (Å²) in [4.78, 5) is 10.8. The lowest BCUT2D eigenvalue weighted by Gasteiger charge is -2.33. The Kier molecular flexibility index (Phi) is 1.88. The first kappa shape index (κ1) is 9.86. The molecule has 5 heteroatoms. The van der Waals surface area contributed by atoms with Crippen LogP contribution in [0.3, 0.4) is 0 Å². The topological polar surface area (TPSA) is 77.8 Å². The number of rotatable bonds is 1. The molecule has 1 radical (unpaired) electrons. The van der Waals surface area contributed by atoms with Gasteiger partial charge in [0, 0.05) is 5.92 Å². The van der Waals surface area contributed by atoms with Gasteiger partial charge in [-0.15, -0.1) is 0 Å². The van der Waals surface area contributed by atoms with Gasteiger partial charge < -0.3 is 15.3 Å². The average molecular weight is 203 g/mol. The second-order valence-electron chi connectivity index (χ2n) is 4.21. The second-order valence-corrected chi connectivity index (χ2v) is 4.21. The van der Waals surface area contributed by atoms with Gasteiger partial charge in [0.25, 0.3) is 0 Å². The first-order valence-corrected chi connectivity index (χ1v) is 4.52. The Bertz CT molecular complexity index is 278. The molecule has 0 aromatic heterocycles. The van der Waals surface area contributed by atoms with Crippen LogP contribution in [0.5, 0.6) is 0 Å². The van der Waals surface area contributed by atoms with Crippen LogP contribution in [0.2, 0.25) is 0 Å². The van der Waals surface area contributed by atoms with Gasteiger partial charge in [0.05, 0.1) is 24.0 Å². The second kappa shape index (κ2) is 2.67. The highest BCUT2D eigenvalue weighted by Crippen LogP contribution is 2.57. The fourth-order valence-electron chi connectivity index (χ4n) is 2.87. The maximum Gasteiger partial charge on any atom is 0.310 e. The number of halogens is 1. The number of hydrogen-bond donors (Lipinski definition) is 3. The largest absolute Gasteiger partial charge is 0.481 e. The molecule has 0 amide bonds. The third kappa shape index (κ3) is 0.966. The van der Waals surface area contributed by atoms with Crippen LogP contribution >= 0.6 is 0 Å². The molecule has 3 N–H and O–H groups in total. The van der Waals surface area contributed by atoms with E-state index in [4.69, 9.17) is 5.11 Å². The van der Waals surface area contributed by atoms with E-state index in [1.165, 1.54) is 0 Å². The number of fused-ring (bicyclic) bond motifs is 2. The Morgan fingerprint density at radius 1 is 1.57 bits per heavy atom. The zero-order valence-electron chi connectivity index (χ0n) is 7.64. The van der Waals surface area contributed by atoms with Crippen LogP contribution in [0.15, 0.2) is 0 Å². The Morgan fingerprint density at radius 3 is 2.50 bits per heavy atom. The number of hydrogen-bond acceptors (Lipinski definition) is 3. The lowest BCUT2D eigenvalue weighted by Crippen LogP contribution is -2.45. The molecule has 2 rings (SSSR count). The Hall–Kier alpha value is -0.680. The number of aliphatic carboxylic acids is 1. The zero-order valence-corrected chi connectivity index (χ0v) is 7.64. The SMILES string of the molecule is C[C@@]1(F)[C]2C(O)C[C@@H](C2O)[C@@H]1C(=O)O. The van der Waals surface area contributed by atoms with Crippen molar-refractivity contribution in [3.05, 3.63) is 5.92 Å². The molecule has 2 aliphatic carbocycles. The van der Waals surface area contributed by atoms with Gasteiger partial charge in [-0.25, -0.2) is 4.39 Å². The van der Waals surface area contributed by atoms with Crippen molar-refractivity contribution >= 4 is 5.97 Å². The highest BCUT2D eigenvalue weighted by Gasteiger charge is 2.68. The van der Waals surface area contributed by atoms with Crippen molar-refractivity contribution in [2.45, 2.75) is 31.2 Å². The number of aliphatic hydroxyl groups excluding tert-OH is 2. The summed E-state index contributed by atoms with van der Waals surface area (Å²) in [7, 11) is 0. The fourth-order valence-corrected chi connectivity index (χ4v) is 2.87. The van der Waals surface area contributed by atoms with Crippen LogP contribution in [0.1, 0.15) is 13.3 Å². The van der Waals surface area contributed by atoms with Crippen molar-refractivity contribution in [1.29, 1.82) is 0 Å². The zero-order chi connectivity index (χ0) is 10.7. The smallest absolute Gasteiger partial charge is 0.310 e. The van der Waals surface area contributed by atoms with Gasteiger partial charge in [-0.3, -0.25) is 4.79 Å². The minimum absolute atomic E-state index is 0.0603. The van der Waals surface area contributed by atoms with Gasteiger partial charge in [0.2, 0.25) is 0 Å².